The highest BCUT2D eigenvalue weighted by Crippen LogP contribution is 2.22. The maximum absolute atomic E-state index is 13.0. The summed E-state index contributed by atoms with van der Waals surface area (Å²) in [6.45, 7) is 2.78. The number of hydrogen-bond donors (Lipinski definition) is 1. The maximum Gasteiger partial charge on any atom is 0.276 e. The average Bonchev–Trinajstić information content (AvgIpc) is 3.16. The topological polar surface area (TPSA) is 80.1 Å². The van der Waals surface area contributed by atoms with Crippen LogP contribution in [0.5, 0.6) is 0 Å². The van der Waals surface area contributed by atoms with Gasteiger partial charge >= 0.3 is 0 Å². The summed E-state index contributed by atoms with van der Waals surface area (Å²) in [7, 11) is 0. The fourth-order valence-electron chi connectivity index (χ4n) is 3.55. The molecule has 7 nitrogen and oxygen atoms in total. The normalized spacial score (nSPS) is 14.5. The van der Waals surface area contributed by atoms with Gasteiger partial charge in [0.2, 0.25) is 5.91 Å². The van der Waals surface area contributed by atoms with E-state index >= 15 is 0 Å². The second-order valence-electron chi connectivity index (χ2n) is 7.33. The Bertz CT molecular complexity index is 1060. The van der Waals surface area contributed by atoms with Crippen LogP contribution in [0.15, 0.2) is 54.6 Å². The van der Waals surface area contributed by atoms with Gasteiger partial charge in [-0.05, 0) is 50.1 Å². The molecule has 2 amide bonds. The monoisotopic (exact) mass is 423 g/mol. The van der Waals surface area contributed by atoms with Crippen molar-refractivity contribution in [2.24, 2.45) is 5.92 Å². The second-order valence-corrected chi connectivity index (χ2v) is 7.76. The SMILES string of the molecule is Cc1nn(-c2cccc(Cl)c2)nc1C(=O)N1CCC(C(=O)Nc2ccccc2)CC1. The van der Waals surface area contributed by atoms with Gasteiger partial charge in [0.1, 0.15) is 0 Å². The standard InChI is InChI=1S/C22H22ClN5O2/c1-15-20(26-28(25-15)19-9-5-6-17(23)14-19)22(30)27-12-10-16(11-13-27)21(29)24-18-7-3-2-4-8-18/h2-9,14,16H,10-13H2,1H3,(H,24,29). The van der Waals surface area contributed by atoms with Crippen LogP contribution < -0.4 is 5.32 Å². The maximum atomic E-state index is 13.0. The zero-order chi connectivity index (χ0) is 21.1. The molecule has 0 spiro atoms. The molecule has 0 bridgehead atoms. The largest absolute Gasteiger partial charge is 0.337 e. The van der Waals surface area contributed by atoms with Crippen LogP contribution in [0.3, 0.4) is 0 Å². The molecule has 1 N–H and O–H groups in total. The molecular formula is C22H22ClN5O2. The molecule has 1 saturated heterocycles. The van der Waals surface area contributed by atoms with Crippen molar-refractivity contribution in [2.45, 2.75) is 19.8 Å². The average molecular weight is 424 g/mol. The highest BCUT2D eigenvalue weighted by atomic mass is 35.5. The van der Waals surface area contributed by atoms with E-state index < -0.39 is 0 Å². The minimum absolute atomic E-state index is 0.00335. The Hall–Kier alpha value is -3.19. The van der Waals surface area contributed by atoms with Crippen LogP contribution in [-0.2, 0) is 4.79 Å². The number of hydrogen-bond acceptors (Lipinski definition) is 4. The first-order valence-electron chi connectivity index (χ1n) is 9.86. The van der Waals surface area contributed by atoms with Crippen LogP contribution in [0, 0.1) is 12.8 Å². The van der Waals surface area contributed by atoms with E-state index in [1.165, 1.54) is 4.80 Å². The summed E-state index contributed by atoms with van der Waals surface area (Å²) in [6, 6.07) is 16.6. The highest BCUT2D eigenvalue weighted by Gasteiger charge is 2.30. The number of para-hydroxylation sites is 1. The Labute approximate surface area is 179 Å². The van der Waals surface area contributed by atoms with E-state index in [9.17, 15) is 9.59 Å². The van der Waals surface area contributed by atoms with Gasteiger partial charge in [-0.15, -0.1) is 5.10 Å². The Balaban J connectivity index is 1.39. The fraction of sp³-hybridized carbons (Fsp3) is 0.273. The first-order chi connectivity index (χ1) is 14.5. The molecule has 3 aromatic rings. The number of nitrogens with zero attached hydrogens (tertiary/aromatic N) is 4. The number of anilines is 1. The molecule has 4 rings (SSSR count). The summed E-state index contributed by atoms with van der Waals surface area (Å²) in [5.41, 5.74) is 2.36. The van der Waals surface area contributed by atoms with Crippen molar-refractivity contribution in [1.29, 1.82) is 0 Å². The van der Waals surface area contributed by atoms with Gasteiger partial charge in [-0.2, -0.15) is 9.90 Å². The summed E-state index contributed by atoms with van der Waals surface area (Å²) in [5.74, 6) is -0.281. The molecule has 154 valence electrons. The Morgan fingerprint density at radius 1 is 1.03 bits per heavy atom. The van der Waals surface area contributed by atoms with Crippen LogP contribution in [0.25, 0.3) is 5.69 Å². The number of likely N-dealkylation sites (tertiary alicyclic amines) is 1. The molecule has 8 heteroatoms. The molecule has 1 aliphatic rings. The van der Waals surface area contributed by atoms with Crippen molar-refractivity contribution in [3.63, 3.8) is 0 Å². The third-order valence-corrected chi connectivity index (χ3v) is 5.45. The van der Waals surface area contributed by atoms with Gasteiger partial charge in [-0.25, -0.2) is 0 Å². The smallest absolute Gasteiger partial charge is 0.276 e. The van der Waals surface area contributed by atoms with Gasteiger partial charge in [0.25, 0.3) is 5.91 Å². The number of carbonyl (C=O) groups excluding carboxylic acids is 2. The lowest BCUT2D eigenvalue weighted by atomic mass is 9.95. The number of aromatic nitrogens is 3. The predicted molar refractivity (Wildman–Crippen MR) is 115 cm³/mol. The van der Waals surface area contributed by atoms with Gasteiger partial charge in [-0.3, -0.25) is 9.59 Å². The quantitative estimate of drug-likeness (QED) is 0.693. The Morgan fingerprint density at radius 3 is 2.47 bits per heavy atom. The number of carbonyl (C=O) groups is 2. The van der Waals surface area contributed by atoms with Gasteiger partial charge in [0.15, 0.2) is 5.69 Å². The molecular weight excluding hydrogens is 402 g/mol. The van der Waals surface area contributed by atoms with Crippen LogP contribution in [-0.4, -0.2) is 44.8 Å². The number of aryl methyl sites for hydroxylation is 1. The lowest BCUT2D eigenvalue weighted by Gasteiger charge is -2.30. The number of halogens is 1. The van der Waals surface area contributed by atoms with Crippen molar-refractivity contribution in [2.75, 3.05) is 18.4 Å². The highest BCUT2D eigenvalue weighted by molar-refractivity contribution is 6.30. The molecule has 30 heavy (non-hydrogen) atoms. The van der Waals surface area contributed by atoms with E-state index in [1.807, 2.05) is 42.5 Å². The van der Waals surface area contributed by atoms with Gasteiger partial charge < -0.3 is 10.2 Å². The number of nitrogens with one attached hydrogen (secondary N) is 1. The van der Waals surface area contributed by atoms with Crippen LogP contribution in [0.4, 0.5) is 5.69 Å². The van der Waals surface area contributed by atoms with Gasteiger partial charge in [0, 0.05) is 29.7 Å². The summed E-state index contributed by atoms with van der Waals surface area (Å²) < 4.78 is 0. The number of piperidine rings is 1. The van der Waals surface area contributed by atoms with E-state index in [4.69, 9.17) is 11.6 Å². The van der Waals surface area contributed by atoms with Crippen molar-refractivity contribution < 1.29 is 9.59 Å². The lowest BCUT2D eigenvalue weighted by Crippen LogP contribution is -2.41. The molecule has 0 aliphatic carbocycles. The van der Waals surface area contributed by atoms with E-state index in [1.54, 1.807) is 24.0 Å². The summed E-state index contributed by atoms with van der Waals surface area (Å²) in [6.07, 6.45) is 1.23. The summed E-state index contributed by atoms with van der Waals surface area (Å²) in [5, 5.41) is 12.3. The van der Waals surface area contributed by atoms with Gasteiger partial charge in [-0.1, -0.05) is 35.9 Å². The molecule has 1 aromatic heterocycles. The van der Waals surface area contributed by atoms with Crippen molar-refractivity contribution >= 4 is 29.1 Å². The molecule has 0 atom stereocenters. The molecule has 0 radical (unpaired) electrons. The number of benzene rings is 2. The van der Waals surface area contributed by atoms with Crippen molar-refractivity contribution in [1.82, 2.24) is 19.9 Å². The summed E-state index contributed by atoms with van der Waals surface area (Å²) in [4.78, 5) is 28.7. The molecule has 1 aliphatic heterocycles. The molecule has 1 fully saturated rings. The predicted octanol–water partition coefficient (Wildman–Crippen LogP) is 3.72. The van der Waals surface area contributed by atoms with Crippen LogP contribution >= 0.6 is 11.6 Å². The zero-order valence-electron chi connectivity index (χ0n) is 16.6. The van der Waals surface area contributed by atoms with E-state index in [-0.39, 0.29) is 17.7 Å². The van der Waals surface area contributed by atoms with Crippen LogP contribution in [0.2, 0.25) is 5.02 Å². The van der Waals surface area contributed by atoms with Crippen LogP contribution in [0.1, 0.15) is 29.0 Å². The zero-order valence-corrected chi connectivity index (χ0v) is 17.3. The molecule has 2 heterocycles. The summed E-state index contributed by atoms with van der Waals surface area (Å²) >= 11 is 6.04. The van der Waals surface area contributed by atoms with Gasteiger partial charge in [0.05, 0.1) is 11.4 Å². The van der Waals surface area contributed by atoms with E-state index in [0.29, 0.717) is 48.0 Å². The van der Waals surface area contributed by atoms with Crippen molar-refractivity contribution in [3.05, 3.63) is 71.0 Å². The third-order valence-electron chi connectivity index (χ3n) is 5.22. The van der Waals surface area contributed by atoms with E-state index in [0.717, 1.165) is 5.69 Å². The molecule has 0 saturated carbocycles. The first-order valence-corrected chi connectivity index (χ1v) is 10.2. The minimum atomic E-state index is -0.164. The fourth-order valence-corrected chi connectivity index (χ4v) is 3.74. The lowest BCUT2D eigenvalue weighted by molar-refractivity contribution is -0.121. The van der Waals surface area contributed by atoms with Crippen molar-refractivity contribution in [3.8, 4) is 5.69 Å². The minimum Gasteiger partial charge on any atom is -0.337 e. The number of amides is 2. The first kappa shape index (κ1) is 20.1. The Kier molecular flexibility index (Phi) is 5.81. The second kappa shape index (κ2) is 8.67. The molecule has 0 unspecified atom stereocenters. The molecule has 2 aromatic carbocycles. The Morgan fingerprint density at radius 2 is 1.77 bits per heavy atom. The third kappa shape index (κ3) is 4.36. The number of rotatable bonds is 4. The van der Waals surface area contributed by atoms with E-state index in [2.05, 4.69) is 15.5 Å².